The van der Waals surface area contributed by atoms with Crippen molar-refractivity contribution in [2.75, 3.05) is 18.4 Å². The number of amides is 1. The maximum Gasteiger partial charge on any atom is 0.277 e. The van der Waals surface area contributed by atoms with Gasteiger partial charge in [0.25, 0.3) is 5.91 Å². The molecule has 1 aliphatic rings. The van der Waals surface area contributed by atoms with E-state index >= 15 is 0 Å². The van der Waals surface area contributed by atoms with E-state index in [1.807, 2.05) is 0 Å². The Labute approximate surface area is 114 Å². The summed E-state index contributed by atoms with van der Waals surface area (Å²) < 4.78 is 1.70. The molecule has 2 N–H and O–H groups in total. The number of nitrogens with zero attached hydrogens (tertiary/aromatic N) is 4. The van der Waals surface area contributed by atoms with Crippen molar-refractivity contribution >= 4 is 23.2 Å². The fraction of sp³-hybridized carbons (Fsp3) is 0.273. The maximum absolute atomic E-state index is 11.9. The second-order valence-corrected chi connectivity index (χ2v) is 4.61. The summed E-state index contributed by atoms with van der Waals surface area (Å²) in [6.45, 7) is 1.71. The molecule has 19 heavy (non-hydrogen) atoms. The molecular weight excluding hydrogens is 268 g/mol. The van der Waals surface area contributed by atoms with Crippen molar-refractivity contribution in [3.05, 3.63) is 35.4 Å². The van der Waals surface area contributed by atoms with Gasteiger partial charge >= 0.3 is 0 Å². The van der Waals surface area contributed by atoms with Gasteiger partial charge in [0.1, 0.15) is 5.15 Å². The molecule has 7 nitrogen and oxygen atoms in total. The summed E-state index contributed by atoms with van der Waals surface area (Å²) in [4.78, 5) is 15.8. The average Bonchev–Trinajstić information content (AvgIpc) is 2.79. The normalized spacial score (nSPS) is 15.0. The van der Waals surface area contributed by atoms with Crippen LogP contribution in [0.15, 0.2) is 24.5 Å². The molecule has 0 aliphatic carbocycles. The number of halogens is 1. The zero-order valence-electron chi connectivity index (χ0n) is 9.88. The summed E-state index contributed by atoms with van der Waals surface area (Å²) in [6.07, 6.45) is 3.13. The zero-order chi connectivity index (χ0) is 13.2. The molecular formula is C11H11ClN6O. The lowest BCUT2D eigenvalue weighted by Crippen LogP contribution is -2.43. The summed E-state index contributed by atoms with van der Waals surface area (Å²) in [5, 5.41) is 14.0. The second-order valence-electron chi connectivity index (χ2n) is 4.22. The molecule has 1 saturated heterocycles. The van der Waals surface area contributed by atoms with Crippen LogP contribution in [-0.2, 0) is 0 Å². The summed E-state index contributed by atoms with van der Waals surface area (Å²) >= 11 is 5.67. The van der Waals surface area contributed by atoms with E-state index in [1.54, 1.807) is 23.0 Å². The van der Waals surface area contributed by atoms with Gasteiger partial charge in [0.15, 0.2) is 5.69 Å². The minimum Gasteiger partial charge on any atom is -0.319 e. The van der Waals surface area contributed by atoms with Gasteiger partial charge in [-0.3, -0.25) is 4.79 Å². The van der Waals surface area contributed by atoms with Gasteiger partial charge in [0, 0.05) is 13.1 Å². The molecule has 0 aromatic carbocycles. The van der Waals surface area contributed by atoms with Crippen molar-refractivity contribution in [3.8, 4) is 0 Å². The predicted octanol–water partition coefficient (Wildman–Crippen LogP) is 0.723. The Morgan fingerprint density at radius 1 is 1.47 bits per heavy atom. The van der Waals surface area contributed by atoms with Crippen molar-refractivity contribution in [3.63, 3.8) is 0 Å². The summed E-state index contributed by atoms with van der Waals surface area (Å²) in [5.41, 5.74) is 0.844. The van der Waals surface area contributed by atoms with Crippen LogP contribution in [0, 0.1) is 0 Å². The Balaban J connectivity index is 1.69. The molecule has 0 spiro atoms. The Kier molecular flexibility index (Phi) is 3.14. The van der Waals surface area contributed by atoms with Crippen LogP contribution in [0.4, 0.5) is 5.69 Å². The highest BCUT2D eigenvalue weighted by Crippen LogP contribution is 2.12. The fourth-order valence-corrected chi connectivity index (χ4v) is 1.78. The Hall–Kier alpha value is -1.99. The third-order valence-electron chi connectivity index (χ3n) is 2.86. The number of anilines is 1. The average molecular weight is 279 g/mol. The van der Waals surface area contributed by atoms with Crippen molar-refractivity contribution in [2.45, 2.75) is 6.04 Å². The summed E-state index contributed by atoms with van der Waals surface area (Å²) in [6, 6.07) is 3.56. The number of rotatable bonds is 3. The van der Waals surface area contributed by atoms with Crippen LogP contribution >= 0.6 is 11.6 Å². The van der Waals surface area contributed by atoms with Crippen molar-refractivity contribution < 1.29 is 4.79 Å². The molecule has 98 valence electrons. The molecule has 2 aromatic rings. The monoisotopic (exact) mass is 278 g/mol. The van der Waals surface area contributed by atoms with E-state index in [4.69, 9.17) is 11.6 Å². The molecule has 1 amide bonds. The number of aromatic nitrogens is 4. The van der Waals surface area contributed by atoms with Crippen LogP contribution in [0.25, 0.3) is 0 Å². The summed E-state index contributed by atoms with van der Waals surface area (Å²) in [7, 11) is 0. The van der Waals surface area contributed by atoms with Gasteiger partial charge in [-0.1, -0.05) is 16.8 Å². The van der Waals surface area contributed by atoms with Gasteiger partial charge in [0.05, 0.1) is 24.1 Å². The van der Waals surface area contributed by atoms with Gasteiger partial charge in [-0.2, -0.15) is 0 Å². The Morgan fingerprint density at radius 2 is 2.32 bits per heavy atom. The minimum atomic E-state index is -0.317. The Morgan fingerprint density at radius 3 is 2.95 bits per heavy atom. The van der Waals surface area contributed by atoms with E-state index < -0.39 is 0 Å². The van der Waals surface area contributed by atoms with Gasteiger partial charge in [-0.15, -0.1) is 5.10 Å². The van der Waals surface area contributed by atoms with Crippen LogP contribution in [0.1, 0.15) is 16.5 Å². The second kappa shape index (κ2) is 4.94. The quantitative estimate of drug-likeness (QED) is 0.808. The van der Waals surface area contributed by atoms with Crippen molar-refractivity contribution in [1.29, 1.82) is 0 Å². The van der Waals surface area contributed by atoms with Crippen LogP contribution in [0.5, 0.6) is 0 Å². The van der Waals surface area contributed by atoms with E-state index in [9.17, 15) is 4.79 Å². The smallest absolute Gasteiger partial charge is 0.277 e. The lowest BCUT2D eigenvalue weighted by atomic mass is 10.2. The van der Waals surface area contributed by atoms with Crippen LogP contribution in [0.2, 0.25) is 5.15 Å². The molecule has 3 heterocycles. The number of hydrogen-bond acceptors (Lipinski definition) is 5. The molecule has 0 bridgehead atoms. The third kappa shape index (κ3) is 2.56. The van der Waals surface area contributed by atoms with Gasteiger partial charge < -0.3 is 10.6 Å². The van der Waals surface area contributed by atoms with Crippen molar-refractivity contribution in [1.82, 2.24) is 25.3 Å². The molecule has 0 atom stereocenters. The van der Waals surface area contributed by atoms with Gasteiger partial charge in [-0.05, 0) is 12.1 Å². The van der Waals surface area contributed by atoms with Crippen LogP contribution in [0.3, 0.4) is 0 Å². The lowest BCUT2D eigenvalue weighted by molar-refractivity contribution is 0.102. The molecule has 1 aliphatic heterocycles. The van der Waals surface area contributed by atoms with E-state index in [0.717, 1.165) is 13.1 Å². The largest absolute Gasteiger partial charge is 0.319 e. The Bertz CT molecular complexity index is 591. The SMILES string of the molecule is O=C(Nc1ccc(Cl)nc1)c1cn(C2CNC2)nn1. The first kappa shape index (κ1) is 12.1. The lowest BCUT2D eigenvalue weighted by Gasteiger charge is -2.26. The molecule has 0 radical (unpaired) electrons. The predicted molar refractivity (Wildman–Crippen MR) is 69.1 cm³/mol. The van der Waals surface area contributed by atoms with Gasteiger partial charge in [-0.25, -0.2) is 9.67 Å². The van der Waals surface area contributed by atoms with E-state index in [0.29, 0.717) is 10.8 Å². The highest BCUT2D eigenvalue weighted by Gasteiger charge is 2.21. The first-order valence-corrected chi connectivity index (χ1v) is 6.15. The zero-order valence-corrected chi connectivity index (χ0v) is 10.6. The number of nitrogens with one attached hydrogen (secondary N) is 2. The number of carbonyl (C=O) groups excluding carboxylic acids is 1. The number of hydrogen-bond donors (Lipinski definition) is 2. The first-order chi connectivity index (χ1) is 9.22. The molecule has 8 heteroatoms. The van der Waals surface area contributed by atoms with E-state index in [1.165, 1.54) is 6.20 Å². The van der Waals surface area contributed by atoms with Gasteiger partial charge in [0.2, 0.25) is 0 Å². The fourth-order valence-electron chi connectivity index (χ4n) is 1.66. The molecule has 1 fully saturated rings. The van der Waals surface area contributed by atoms with Crippen LogP contribution in [-0.4, -0.2) is 39.0 Å². The standard InChI is InChI=1S/C11H11ClN6O/c12-10-2-1-7(3-14-10)15-11(19)9-6-18(17-16-9)8-4-13-5-8/h1-3,6,8,13H,4-5H2,(H,15,19). The third-order valence-corrected chi connectivity index (χ3v) is 3.09. The highest BCUT2D eigenvalue weighted by atomic mass is 35.5. The minimum absolute atomic E-state index is 0.279. The molecule has 0 saturated carbocycles. The topological polar surface area (TPSA) is 84.7 Å². The van der Waals surface area contributed by atoms with Crippen LogP contribution < -0.4 is 10.6 Å². The molecule has 2 aromatic heterocycles. The van der Waals surface area contributed by atoms with E-state index in [2.05, 4.69) is 25.9 Å². The first-order valence-electron chi connectivity index (χ1n) is 5.78. The number of carbonyl (C=O) groups is 1. The molecule has 3 rings (SSSR count). The number of pyridine rings is 1. The van der Waals surface area contributed by atoms with E-state index in [-0.39, 0.29) is 17.6 Å². The van der Waals surface area contributed by atoms with Crippen molar-refractivity contribution in [2.24, 2.45) is 0 Å². The maximum atomic E-state index is 11.9. The highest BCUT2D eigenvalue weighted by molar-refractivity contribution is 6.29. The molecule has 0 unspecified atom stereocenters. The summed E-state index contributed by atoms with van der Waals surface area (Å²) in [5.74, 6) is -0.317.